The van der Waals surface area contributed by atoms with E-state index in [0.717, 1.165) is 67.5 Å². The number of hydrogen-bond donors (Lipinski definition) is 0. The third kappa shape index (κ3) is 5.59. The largest absolute Gasteiger partial charge is 0.494 e. The van der Waals surface area contributed by atoms with Gasteiger partial charge in [0.1, 0.15) is 11.5 Å². The van der Waals surface area contributed by atoms with Crippen molar-refractivity contribution in [2.75, 3.05) is 12.4 Å². The van der Waals surface area contributed by atoms with Crippen molar-refractivity contribution < 1.29 is 9.53 Å². The number of hydrogen-bond acceptors (Lipinski definition) is 6. The first kappa shape index (κ1) is 27.5. The van der Waals surface area contributed by atoms with Crippen LogP contribution < -0.4 is 4.74 Å². The molecule has 4 atom stereocenters. The van der Waals surface area contributed by atoms with Gasteiger partial charge in [-0.15, -0.1) is 5.10 Å². The minimum Gasteiger partial charge on any atom is -0.494 e. The Kier molecular flexibility index (Phi) is 8.29. The highest BCUT2D eigenvalue weighted by atomic mass is 32.2. The first-order chi connectivity index (χ1) is 19.5. The van der Waals surface area contributed by atoms with Gasteiger partial charge in [-0.1, -0.05) is 61.7 Å². The van der Waals surface area contributed by atoms with Gasteiger partial charge < -0.3 is 4.74 Å². The number of ether oxygens (including phenoxy) is 1. The van der Waals surface area contributed by atoms with E-state index >= 15 is 0 Å². The fourth-order valence-electron chi connectivity index (χ4n) is 7.62. The van der Waals surface area contributed by atoms with Gasteiger partial charge in [0.25, 0.3) is 0 Å². The SMILES string of the molecule is Cc1ccc(-n2nnnc2SCCCCCCCOc2ccc3c(c2)CC[C@@H]2[C@@H]3CC[C@]3(C)C(=O)CC[C@@H]23)cc1. The molecule has 0 saturated heterocycles. The Bertz CT molecular complexity index is 1320. The van der Waals surface area contributed by atoms with Gasteiger partial charge in [-0.2, -0.15) is 4.68 Å². The average Bonchev–Trinajstić information content (AvgIpc) is 3.56. The van der Waals surface area contributed by atoms with Crippen LogP contribution in [0.3, 0.4) is 0 Å². The maximum absolute atomic E-state index is 12.6. The molecule has 7 heteroatoms. The molecule has 3 aliphatic rings. The summed E-state index contributed by atoms with van der Waals surface area (Å²) in [6, 6.07) is 15.1. The lowest BCUT2D eigenvalue weighted by molar-refractivity contribution is -0.129. The van der Waals surface area contributed by atoms with E-state index < -0.39 is 0 Å². The molecule has 0 aliphatic heterocycles. The third-order valence-corrected chi connectivity index (χ3v) is 10.9. The van der Waals surface area contributed by atoms with Gasteiger partial charge in [-0.3, -0.25) is 4.79 Å². The Balaban J connectivity index is 0.891. The van der Waals surface area contributed by atoms with Gasteiger partial charge in [0.05, 0.1) is 12.3 Å². The highest BCUT2D eigenvalue weighted by Gasteiger charge is 2.54. The van der Waals surface area contributed by atoms with E-state index in [1.54, 1.807) is 11.8 Å². The van der Waals surface area contributed by atoms with Crippen LogP contribution in [0, 0.1) is 24.2 Å². The highest BCUT2D eigenvalue weighted by molar-refractivity contribution is 7.99. The van der Waals surface area contributed by atoms with Crippen molar-refractivity contribution >= 4 is 17.5 Å². The molecule has 0 spiro atoms. The second-order valence-corrected chi connectivity index (χ2v) is 13.4. The maximum atomic E-state index is 12.6. The Morgan fingerprint density at radius 2 is 1.82 bits per heavy atom. The second-order valence-electron chi connectivity index (χ2n) is 12.4. The monoisotopic (exact) mass is 558 g/mol. The molecule has 3 aliphatic carbocycles. The lowest BCUT2D eigenvalue weighted by Crippen LogP contribution is -2.42. The van der Waals surface area contributed by atoms with Gasteiger partial charge in [0, 0.05) is 17.6 Å². The van der Waals surface area contributed by atoms with Crippen molar-refractivity contribution in [1.82, 2.24) is 20.2 Å². The van der Waals surface area contributed by atoms with Crippen molar-refractivity contribution in [3.8, 4) is 11.4 Å². The summed E-state index contributed by atoms with van der Waals surface area (Å²) in [7, 11) is 0. The molecule has 2 aromatic carbocycles. The number of thioether (sulfide) groups is 1. The van der Waals surface area contributed by atoms with Crippen LogP contribution in [-0.4, -0.2) is 38.4 Å². The molecule has 0 radical (unpaired) electrons. The smallest absolute Gasteiger partial charge is 0.214 e. The van der Waals surface area contributed by atoms with E-state index in [0.29, 0.717) is 23.5 Å². The van der Waals surface area contributed by atoms with Crippen molar-refractivity contribution in [3.63, 3.8) is 0 Å². The topological polar surface area (TPSA) is 69.9 Å². The van der Waals surface area contributed by atoms with Crippen LogP contribution in [0.25, 0.3) is 5.69 Å². The minimum atomic E-state index is -0.0410. The zero-order valence-corrected chi connectivity index (χ0v) is 24.8. The molecule has 1 heterocycles. The fraction of sp³-hybridized carbons (Fsp3) is 0.576. The van der Waals surface area contributed by atoms with Crippen LogP contribution in [0.4, 0.5) is 0 Å². The van der Waals surface area contributed by atoms with E-state index in [1.165, 1.54) is 48.8 Å². The first-order valence-electron chi connectivity index (χ1n) is 15.3. The van der Waals surface area contributed by atoms with E-state index in [1.807, 2.05) is 4.68 Å². The maximum Gasteiger partial charge on any atom is 0.214 e. The van der Waals surface area contributed by atoms with Gasteiger partial charge in [-0.05, 0) is 115 Å². The summed E-state index contributed by atoms with van der Waals surface area (Å²) in [5.41, 5.74) is 5.21. The molecule has 0 amide bonds. The summed E-state index contributed by atoms with van der Waals surface area (Å²) in [6.07, 6.45) is 12.4. The number of fused-ring (bicyclic) bond motifs is 5. The number of ketones is 1. The van der Waals surface area contributed by atoms with Crippen molar-refractivity contribution in [2.45, 2.75) is 95.6 Å². The number of aromatic nitrogens is 4. The molecule has 40 heavy (non-hydrogen) atoms. The number of unbranched alkanes of at least 4 members (excludes halogenated alkanes) is 4. The Morgan fingerprint density at radius 1 is 1.00 bits per heavy atom. The predicted octanol–water partition coefficient (Wildman–Crippen LogP) is 7.52. The van der Waals surface area contributed by atoms with Crippen molar-refractivity contribution in [2.24, 2.45) is 17.3 Å². The highest BCUT2D eigenvalue weighted by Crippen LogP contribution is 2.59. The fourth-order valence-corrected chi connectivity index (χ4v) is 8.51. The summed E-state index contributed by atoms with van der Waals surface area (Å²) < 4.78 is 8.00. The number of tetrazole rings is 1. The van der Waals surface area contributed by atoms with Gasteiger partial charge in [0.2, 0.25) is 5.16 Å². The summed E-state index contributed by atoms with van der Waals surface area (Å²) in [6.45, 7) is 5.13. The normalized spacial score (nSPS) is 25.4. The number of rotatable bonds is 11. The number of benzene rings is 2. The average molecular weight is 559 g/mol. The molecule has 2 fully saturated rings. The first-order valence-corrected chi connectivity index (χ1v) is 16.3. The quantitative estimate of drug-likeness (QED) is 0.179. The van der Waals surface area contributed by atoms with E-state index in [4.69, 9.17) is 4.74 Å². The molecule has 0 unspecified atom stereocenters. The molecular weight excluding hydrogens is 516 g/mol. The summed E-state index contributed by atoms with van der Waals surface area (Å²) in [5.74, 6) is 4.49. The number of aryl methyl sites for hydroxylation is 2. The lowest BCUT2D eigenvalue weighted by atomic mass is 9.55. The van der Waals surface area contributed by atoms with E-state index in [-0.39, 0.29) is 5.41 Å². The van der Waals surface area contributed by atoms with Crippen LogP contribution in [0.15, 0.2) is 47.6 Å². The molecule has 2 saturated carbocycles. The van der Waals surface area contributed by atoms with E-state index in [9.17, 15) is 4.79 Å². The van der Waals surface area contributed by atoms with Crippen LogP contribution in [0.1, 0.15) is 93.7 Å². The summed E-state index contributed by atoms with van der Waals surface area (Å²) in [4.78, 5) is 12.6. The molecule has 6 nitrogen and oxygen atoms in total. The molecule has 6 rings (SSSR count). The van der Waals surface area contributed by atoms with Crippen molar-refractivity contribution in [3.05, 3.63) is 59.2 Å². The number of carbonyl (C=O) groups excluding carboxylic acids is 1. The van der Waals surface area contributed by atoms with Crippen LogP contribution in [0.5, 0.6) is 5.75 Å². The lowest BCUT2D eigenvalue weighted by Gasteiger charge is -2.48. The van der Waals surface area contributed by atoms with Crippen LogP contribution in [0.2, 0.25) is 0 Å². The predicted molar refractivity (Wildman–Crippen MR) is 159 cm³/mol. The second kappa shape index (κ2) is 12.1. The van der Waals surface area contributed by atoms with Crippen LogP contribution >= 0.6 is 11.8 Å². The molecule has 0 N–H and O–H groups in total. The zero-order valence-electron chi connectivity index (χ0n) is 24.0. The van der Waals surface area contributed by atoms with Gasteiger partial charge in [0.15, 0.2) is 0 Å². The minimum absolute atomic E-state index is 0.0410. The Morgan fingerprint density at radius 3 is 2.70 bits per heavy atom. The summed E-state index contributed by atoms with van der Waals surface area (Å²) in [5, 5.41) is 13.1. The number of nitrogens with zero attached hydrogens (tertiary/aromatic N) is 4. The van der Waals surface area contributed by atoms with E-state index in [2.05, 4.69) is 71.8 Å². The number of Topliss-reactive ketones (excluding diaryl/α,β-unsaturated/α-hetero) is 1. The number of carbonyl (C=O) groups is 1. The molecular formula is C33H42N4O2S. The molecule has 212 valence electrons. The zero-order chi connectivity index (χ0) is 27.5. The molecule has 0 bridgehead atoms. The third-order valence-electron chi connectivity index (χ3n) is 9.92. The molecule has 3 aromatic rings. The standard InChI is InChI=1S/C33H42N4O2S/c1-23-8-11-25(12-9-23)37-32(34-35-36-37)40-21-7-5-3-4-6-20-39-26-13-15-27-24(22-26)10-14-29-28(27)18-19-33(2)30(29)16-17-31(33)38/h8-9,11-13,15,22,28-30H,3-7,10,14,16-21H2,1-2H3/t28-,29-,30+,33+/m1/s1. The van der Waals surface area contributed by atoms with Gasteiger partial charge >= 0.3 is 0 Å². The summed E-state index contributed by atoms with van der Waals surface area (Å²) >= 11 is 1.73. The Labute approximate surface area is 242 Å². The molecule has 1 aromatic heterocycles. The Hall–Kier alpha value is -2.67. The van der Waals surface area contributed by atoms with Crippen molar-refractivity contribution in [1.29, 1.82) is 0 Å². The van der Waals surface area contributed by atoms with Gasteiger partial charge in [-0.25, -0.2) is 0 Å². The van der Waals surface area contributed by atoms with Crippen LogP contribution in [-0.2, 0) is 11.2 Å².